The standard InChI is InChI=1S/C14H26N4O/c1-5-17(6-2)14(19)11-18-8-7-16-13(18)10-15-9-12(3)4/h7-8,12,15H,5-6,9-11H2,1-4H3. The van der Waals surface area contributed by atoms with Crippen LogP contribution >= 0.6 is 0 Å². The summed E-state index contributed by atoms with van der Waals surface area (Å²) in [6.07, 6.45) is 3.62. The number of nitrogens with one attached hydrogen (secondary N) is 1. The molecule has 19 heavy (non-hydrogen) atoms. The molecule has 5 nitrogen and oxygen atoms in total. The maximum Gasteiger partial charge on any atom is 0.242 e. The first-order chi connectivity index (χ1) is 9.08. The van der Waals surface area contributed by atoms with Gasteiger partial charge >= 0.3 is 0 Å². The minimum atomic E-state index is 0.146. The van der Waals surface area contributed by atoms with E-state index in [9.17, 15) is 4.79 Å². The highest BCUT2D eigenvalue weighted by atomic mass is 16.2. The van der Waals surface area contributed by atoms with Crippen molar-refractivity contribution in [3.63, 3.8) is 0 Å². The van der Waals surface area contributed by atoms with Gasteiger partial charge in [0, 0.05) is 25.5 Å². The molecule has 0 unspecified atom stereocenters. The second kappa shape index (κ2) is 7.94. The maximum atomic E-state index is 12.1. The quantitative estimate of drug-likeness (QED) is 0.775. The number of hydrogen-bond acceptors (Lipinski definition) is 3. The van der Waals surface area contributed by atoms with Crippen LogP contribution in [0.4, 0.5) is 0 Å². The van der Waals surface area contributed by atoms with Crippen molar-refractivity contribution in [3.8, 4) is 0 Å². The van der Waals surface area contributed by atoms with Gasteiger partial charge in [-0.1, -0.05) is 13.8 Å². The Labute approximate surface area is 116 Å². The van der Waals surface area contributed by atoms with Crippen molar-refractivity contribution < 1.29 is 4.79 Å². The van der Waals surface area contributed by atoms with Gasteiger partial charge in [-0.3, -0.25) is 4.79 Å². The zero-order valence-corrected chi connectivity index (χ0v) is 12.5. The summed E-state index contributed by atoms with van der Waals surface area (Å²) in [7, 11) is 0. The first-order valence-corrected chi connectivity index (χ1v) is 7.06. The lowest BCUT2D eigenvalue weighted by Crippen LogP contribution is -2.34. The van der Waals surface area contributed by atoms with Crippen LogP contribution in [0.15, 0.2) is 12.4 Å². The highest BCUT2D eigenvalue weighted by molar-refractivity contribution is 5.76. The van der Waals surface area contributed by atoms with Gasteiger partial charge < -0.3 is 14.8 Å². The Kier molecular flexibility index (Phi) is 6.56. The van der Waals surface area contributed by atoms with E-state index in [4.69, 9.17) is 0 Å². The van der Waals surface area contributed by atoms with E-state index in [1.54, 1.807) is 6.20 Å². The number of carbonyl (C=O) groups is 1. The Morgan fingerprint density at radius 2 is 2.11 bits per heavy atom. The Balaban J connectivity index is 2.54. The van der Waals surface area contributed by atoms with E-state index in [0.29, 0.717) is 19.0 Å². The van der Waals surface area contributed by atoms with Gasteiger partial charge in [-0.15, -0.1) is 0 Å². The summed E-state index contributed by atoms with van der Waals surface area (Å²) in [5, 5.41) is 3.35. The Hall–Kier alpha value is -1.36. The number of amides is 1. The van der Waals surface area contributed by atoms with Crippen LogP contribution in [0.25, 0.3) is 0 Å². The molecule has 0 aliphatic rings. The third-order valence-electron chi connectivity index (χ3n) is 3.06. The van der Waals surface area contributed by atoms with Crippen LogP contribution in [-0.2, 0) is 17.9 Å². The second-order valence-corrected chi connectivity index (χ2v) is 5.06. The van der Waals surface area contributed by atoms with Crippen LogP contribution in [0.3, 0.4) is 0 Å². The molecule has 0 bridgehead atoms. The third kappa shape index (κ3) is 5.03. The summed E-state index contributed by atoms with van der Waals surface area (Å²) in [6, 6.07) is 0. The van der Waals surface area contributed by atoms with Gasteiger partial charge in [0.25, 0.3) is 0 Å². The molecule has 0 saturated heterocycles. The fourth-order valence-corrected chi connectivity index (χ4v) is 1.95. The molecule has 1 rings (SSSR count). The third-order valence-corrected chi connectivity index (χ3v) is 3.06. The lowest BCUT2D eigenvalue weighted by molar-refractivity contribution is -0.131. The zero-order chi connectivity index (χ0) is 14.3. The van der Waals surface area contributed by atoms with Crippen molar-refractivity contribution in [2.75, 3.05) is 19.6 Å². The van der Waals surface area contributed by atoms with Crippen LogP contribution in [0, 0.1) is 5.92 Å². The van der Waals surface area contributed by atoms with Crippen molar-refractivity contribution >= 4 is 5.91 Å². The lowest BCUT2D eigenvalue weighted by Gasteiger charge is -2.19. The van der Waals surface area contributed by atoms with E-state index in [1.807, 2.05) is 29.5 Å². The summed E-state index contributed by atoms with van der Waals surface area (Å²) >= 11 is 0. The van der Waals surface area contributed by atoms with Crippen LogP contribution in [-0.4, -0.2) is 40.0 Å². The van der Waals surface area contributed by atoms with E-state index < -0.39 is 0 Å². The summed E-state index contributed by atoms with van der Waals surface area (Å²) in [4.78, 5) is 18.2. The molecule has 1 heterocycles. The van der Waals surface area contributed by atoms with Crippen molar-refractivity contribution in [1.29, 1.82) is 0 Å². The number of hydrogen-bond donors (Lipinski definition) is 1. The summed E-state index contributed by atoms with van der Waals surface area (Å²) in [5.74, 6) is 1.68. The van der Waals surface area contributed by atoms with E-state index in [1.165, 1.54) is 0 Å². The Bertz CT molecular complexity index is 383. The van der Waals surface area contributed by atoms with E-state index in [2.05, 4.69) is 24.1 Å². The van der Waals surface area contributed by atoms with Gasteiger partial charge in [0.15, 0.2) is 0 Å². The van der Waals surface area contributed by atoms with E-state index in [-0.39, 0.29) is 5.91 Å². The summed E-state index contributed by atoms with van der Waals surface area (Å²) < 4.78 is 1.92. The lowest BCUT2D eigenvalue weighted by atomic mass is 10.2. The molecular weight excluding hydrogens is 240 g/mol. The van der Waals surface area contributed by atoms with Crippen molar-refractivity contribution in [2.24, 2.45) is 5.92 Å². The number of rotatable bonds is 8. The Morgan fingerprint density at radius 1 is 1.42 bits per heavy atom. The number of imidazole rings is 1. The zero-order valence-electron chi connectivity index (χ0n) is 12.5. The largest absolute Gasteiger partial charge is 0.342 e. The van der Waals surface area contributed by atoms with Crippen LogP contribution in [0.1, 0.15) is 33.5 Å². The average Bonchev–Trinajstić information content (AvgIpc) is 2.78. The molecule has 0 aliphatic heterocycles. The van der Waals surface area contributed by atoms with Gasteiger partial charge in [0.05, 0.1) is 6.54 Å². The number of likely N-dealkylation sites (N-methyl/N-ethyl adjacent to an activating group) is 1. The normalized spacial score (nSPS) is 11.0. The molecule has 0 saturated carbocycles. The fourth-order valence-electron chi connectivity index (χ4n) is 1.95. The van der Waals surface area contributed by atoms with Crippen molar-refractivity contribution in [1.82, 2.24) is 19.8 Å². The molecule has 0 atom stereocenters. The number of nitrogens with zero attached hydrogens (tertiary/aromatic N) is 3. The summed E-state index contributed by atoms with van der Waals surface area (Å²) in [5.41, 5.74) is 0. The van der Waals surface area contributed by atoms with E-state index >= 15 is 0 Å². The highest BCUT2D eigenvalue weighted by Gasteiger charge is 2.12. The Morgan fingerprint density at radius 3 is 2.68 bits per heavy atom. The predicted molar refractivity (Wildman–Crippen MR) is 76.7 cm³/mol. The first kappa shape index (κ1) is 15.7. The second-order valence-electron chi connectivity index (χ2n) is 5.06. The molecule has 108 valence electrons. The van der Waals surface area contributed by atoms with Gasteiger partial charge in [0.2, 0.25) is 5.91 Å². The van der Waals surface area contributed by atoms with E-state index in [0.717, 1.165) is 25.5 Å². The molecule has 5 heteroatoms. The SMILES string of the molecule is CCN(CC)C(=O)Cn1ccnc1CNCC(C)C. The number of aromatic nitrogens is 2. The molecule has 1 amide bonds. The topological polar surface area (TPSA) is 50.2 Å². The van der Waals surface area contributed by atoms with Crippen LogP contribution in [0.5, 0.6) is 0 Å². The van der Waals surface area contributed by atoms with Crippen molar-refractivity contribution in [3.05, 3.63) is 18.2 Å². The van der Waals surface area contributed by atoms with Crippen LogP contribution < -0.4 is 5.32 Å². The van der Waals surface area contributed by atoms with Gasteiger partial charge in [-0.25, -0.2) is 4.98 Å². The van der Waals surface area contributed by atoms with Crippen LogP contribution in [0.2, 0.25) is 0 Å². The van der Waals surface area contributed by atoms with Gasteiger partial charge in [-0.2, -0.15) is 0 Å². The molecule has 1 N–H and O–H groups in total. The maximum absolute atomic E-state index is 12.1. The van der Waals surface area contributed by atoms with Gasteiger partial charge in [0.1, 0.15) is 12.4 Å². The fraction of sp³-hybridized carbons (Fsp3) is 0.714. The first-order valence-electron chi connectivity index (χ1n) is 7.06. The monoisotopic (exact) mass is 266 g/mol. The molecule has 0 aromatic carbocycles. The van der Waals surface area contributed by atoms with Crippen molar-refractivity contribution in [2.45, 2.75) is 40.8 Å². The van der Waals surface area contributed by atoms with Gasteiger partial charge in [-0.05, 0) is 26.3 Å². The predicted octanol–water partition coefficient (Wildman–Crippen LogP) is 1.50. The molecule has 0 radical (unpaired) electrons. The average molecular weight is 266 g/mol. The molecule has 0 aliphatic carbocycles. The molecule has 1 aromatic rings. The smallest absolute Gasteiger partial charge is 0.242 e. The molecule has 0 fully saturated rings. The highest BCUT2D eigenvalue weighted by Crippen LogP contribution is 2.01. The number of carbonyl (C=O) groups excluding carboxylic acids is 1. The molecule has 0 spiro atoms. The minimum Gasteiger partial charge on any atom is -0.342 e. The minimum absolute atomic E-state index is 0.146. The molecule has 1 aromatic heterocycles. The summed E-state index contributed by atoms with van der Waals surface area (Å²) in [6.45, 7) is 11.9. The molecular formula is C14H26N4O.